The van der Waals surface area contributed by atoms with Gasteiger partial charge in [0, 0.05) is 24.6 Å². The lowest BCUT2D eigenvalue weighted by Gasteiger charge is -2.00. The fraction of sp³-hybridized carbons (Fsp3) is 0.167. The van der Waals surface area contributed by atoms with Gasteiger partial charge in [-0.3, -0.25) is 9.59 Å². The SMILES string of the molecule is CC(=O)NCC=Cc1c(F)cccc1C=O. The second-order valence-electron chi connectivity index (χ2n) is 3.20. The van der Waals surface area contributed by atoms with Crippen LogP contribution in [0.3, 0.4) is 0 Å². The van der Waals surface area contributed by atoms with Gasteiger partial charge in [-0.15, -0.1) is 0 Å². The first kappa shape index (κ1) is 12.1. The summed E-state index contributed by atoms with van der Waals surface area (Å²) in [7, 11) is 0. The molecule has 0 saturated carbocycles. The van der Waals surface area contributed by atoms with Gasteiger partial charge in [0.15, 0.2) is 6.29 Å². The summed E-state index contributed by atoms with van der Waals surface area (Å²) >= 11 is 0. The van der Waals surface area contributed by atoms with Crippen molar-refractivity contribution < 1.29 is 14.0 Å². The maximum atomic E-state index is 13.3. The van der Waals surface area contributed by atoms with E-state index in [0.717, 1.165) is 0 Å². The van der Waals surface area contributed by atoms with E-state index >= 15 is 0 Å². The molecular weight excluding hydrogens is 209 g/mol. The fourth-order valence-electron chi connectivity index (χ4n) is 1.21. The molecule has 4 heteroatoms. The monoisotopic (exact) mass is 221 g/mol. The highest BCUT2D eigenvalue weighted by atomic mass is 19.1. The van der Waals surface area contributed by atoms with E-state index in [1.807, 2.05) is 0 Å². The molecule has 16 heavy (non-hydrogen) atoms. The van der Waals surface area contributed by atoms with Gasteiger partial charge >= 0.3 is 0 Å². The third kappa shape index (κ3) is 3.31. The van der Waals surface area contributed by atoms with Gasteiger partial charge in [0.1, 0.15) is 5.82 Å². The van der Waals surface area contributed by atoms with Crippen molar-refractivity contribution in [3.8, 4) is 0 Å². The standard InChI is InChI=1S/C12H12FNO2/c1-9(16)14-7-3-5-11-10(8-15)4-2-6-12(11)13/h2-6,8H,7H2,1H3,(H,14,16). The maximum absolute atomic E-state index is 13.3. The Bertz CT molecular complexity index is 427. The van der Waals surface area contributed by atoms with Crippen LogP contribution in [0.5, 0.6) is 0 Å². The van der Waals surface area contributed by atoms with Gasteiger partial charge in [-0.05, 0) is 6.07 Å². The number of hydrogen-bond acceptors (Lipinski definition) is 2. The number of aldehydes is 1. The van der Waals surface area contributed by atoms with E-state index in [9.17, 15) is 14.0 Å². The molecule has 0 atom stereocenters. The average molecular weight is 221 g/mol. The molecule has 0 unspecified atom stereocenters. The van der Waals surface area contributed by atoms with Gasteiger partial charge in [-0.2, -0.15) is 0 Å². The fourth-order valence-corrected chi connectivity index (χ4v) is 1.21. The van der Waals surface area contributed by atoms with E-state index < -0.39 is 5.82 Å². The van der Waals surface area contributed by atoms with Gasteiger partial charge in [0.25, 0.3) is 0 Å². The Morgan fingerprint density at radius 3 is 2.88 bits per heavy atom. The number of nitrogens with one attached hydrogen (secondary N) is 1. The summed E-state index contributed by atoms with van der Waals surface area (Å²) in [6.07, 6.45) is 3.67. The molecule has 1 aromatic rings. The van der Waals surface area contributed by atoms with Gasteiger partial charge in [-0.25, -0.2) is 4.39 Å². The first-order valence-corrected chi connectivity index (χ1v) is 4.80. The first-order chi connectivity index (χ1) is 7.65. The lowest BCUT2D eigenvalue weighted by Crippen LogP contribution is -2.19. The number of benzene rings is 1. The molecule has 3 nitrogen and oxygen atoms in total. The highest BCUT2D eigenvalue weighted by molar-refractivity contribution is 5.82. The molecule has 1 rings (SSSR count). The number of rotatable bonds is 4. The third-order valence-electron chi connectivity index (χ3n) is 1.97. The summed E-state index contributed by atoms with van der Waals surface area (Å²) in [5.41, 5.74) is 0.530. The largest absolute Gasteiger partial charge is 0.353 e. The molecule has 0 aliphatic rings. The molecule has 0 saturated heterocycles. The van der Waals surface area contributed by atoms with E-state index in [1.54, 1.807) is 6.08 Å². The second kappa shape index (κ2) is 5.80. The lowest BCUT2D eigenvalue weighted by atomic mass is 10.1. The smallest absolute Gasteiger partial charge is 0.217 e. The van der Waals surface area contributed by atoms with E-state index in [1.165, 1.54) is 31.2 Å². The molecular formula is C12H12FNO2. The van der Waals surface area contributed by atoms with Crippen LogP contribution in [0.25, 0.3) is 6.08 Å². The maximum Gasteiger partial charge on any atom is 0.217 e. The first-order valence-electron chi connectivity index (χ1n) is 4.80. The van der Waals surface area contributed by atoms with Crippen LogP contribution in [-0.4, -0.2) is 18.7 Å². The summed E-state index contributed by atoms with van der Waals surface area (Å²) in [6.45, 7) is 1.70. The van der Waals surface area contributed by atoms with E-state index in [4.69, 9.17) is 0 Å². The number of hydrogen-bond donors (Lipinski definition) is 1. The minimum Gasteiger partial charge on any atom is -0.353 e. The zero-order valence-electron chi connectivity index (χ0n) is 8.87. The summed E-state index contributed by atoms with van der Waals surface area (Å²) in [6, 6.07) is 4.30. The molecule has 0 fully saturated rings. The molecule has 1 amide bonds. The van der Waals surface area contributed by atoms with E-state index in [2.05, 4.69) is 5.32 Å². The van der Waals surface area contributed by atoms with Crippen molar-refractivity contribution in [3.05, 3.63) is 41.2 Å². The van der Waals surface area contributed by atoms with Crippen LogP contribution in [0.1, 0.15) is 22.8 Å². The summed E-state index contributed by atoms with van der Waals surface area (Å²) in [4.78, 5) is 21.2. The third-order valence-corrected chi connectivity index (χ3v) is 1.97. The summed E-state index contributed by atoms with van der Waals surface area (Å²) in [5, 5.41) is 2.54. The van der Waals surface area contributed by atoms with Crippen LogP contribution in [0, 0.1) is 5.82 Å². The minimum absolute atomic E-state index is 0.159. The van der Waals surface area contributed by atoms with Crippen molar-refractivity contribution in [3.63, 3.8) is 0 Å². The van der Waals surface area contributed by atoms with Crippen LogP contribution in [0.15, 0.2) is 24.3 Å². The zero-order valence-corrected chi connectivity index (χ0v) is 8.87. The van der Waals surface area contributed by atoms with E-state index in [-0.39, 0.29) is 11.5 Å². The number of halogens is 1. The summed E-state index contributed by atoms with van der Waals surface area (Å²) < 4.78 is 13.3. The van der Waals surface area contributed by atoms with Crippen LogP contribution in [0.4, 0.5) is 4.39 Å². The number of carbonyl (C=O) groups excluding carboxylic acids is 2. The van der Waals surface area contributed by atoms with Crippen molar-refractivity contribution in [1.82, 2.24) is 5.32 Å². The Balaban J connectivity index is 2.79. The Labute approximate surface area is 93.0 Å². The van der Waals surface area contributed by atoms with Gasteiger partial charge < -0.3 is 5.32 Å². The van der Waals surface area contributed by atoms with Crippen molar-refractivity contribution in [2.24, 2.45) is 0 Å². The van der Waals surface area contributed by atoms with Crippen molar-refractivity contribution in [2.45, 2.75) is 6.92 Å². The van der Waals surface area contributed by atoms with Gasteiger partial charge in [0.2, 0.25) is 5.91 Å². The molecule has 0 aliphatic heterocycles. The van der Waals surface area contributed by atoms with Crippen LogP contribution >= 0.6 is 0 Å². The molecule has 0 aromatic heterocycles. The predicted molar refractivity (Wildman–Crippen MR) is 59.5 cm³/mol. The van der Waals surface area contributed by atoms with Gasteiger partial charge in [-0.1, -0.05) is 24.3 Å². The van der Waals surface area contributed by atoms with Crippen molar-refractivity contribution >= 4 is 18.3 Å². The quantitative estimate of drug-likeness (QED) is 0.788. The number of amides is 1. The normalized spacial score (nSPS) is 10.4. The minimum atomic E-state index is -0.455. The van der Waals surface area contributed by atoms with Crippen molar-refractivity contribution in [2.75, 3.05) is 6.54 Å². The van der Waals surface area contributed by atoms with Gasteiger partial charge in [0.05, 0.1) is 0 Å². The van der Waals surface area contributed by atoms with Crippen molar-refractivity contribution in [1.29, 1.82) is 0 Å². The Morgan fingerprint density at radius 2 is 2.25 bits per heavy atom. The highest BCUT2D eigenvalue weighted by Gasteiger charge is 2.03. The van der Waals surface area contributed by atoms with Crippen LogP contribution in [0.2, 0.25) is 0 Å². The topological polar surface area (TPSA) is 46.2 Å². The molecule has 84 valence electrons. The molecule has 0 bridgehead atoms. The molecule has 0 aliphatic carbocycles. The highest BCUT2D eigenvalue weighted by Crippen LogP contribution is 2.13. The predicted octanol–water partition coefficient (Wildman–Crippen LogP) is 1.79. The Kier molecular flexibility index (Phi) is 4.39. The molecule has 1 N–H and O–H groups in total. The average Bonchev–Trinajstić information content (AvgIpc) is 2.25. The number of carbonyl (C=O) groups is 2. The lowest BCUT2D eigenvalue weighted by molar-refractivity contribution is -0.118. The van der Waals surface area contributed by atoms with Crippen LogP contribution < -0.4 is 5.32 Å². The second-order valence-corrected chi connectivity index (χ2v) is 3.20. The molecule has 0 radical (unpaired) electrons. The zero-order chi connectivity index (χ0) is 12.0. The molecule has 0 spiro atoms. The Morgan fingerprint density at radius 1 is 1.50 bits per heavy atom. The van der Waals surface area contributed by atoms with E-state index in [0.29, 0.717) is 18.4 Å². The molecule has 1 aromatic carbocycles. The Hall–Kier alpha value is -1.97. The summed E-state index contributed by atoms with van der Waals surface area (Å²) in [5.74, 6) is -0.613. The van der Waals surface area contributed by atoms with Crippen LogP contribution in [-0.2, 0) is 4.79 Å². The molecule has 0 heterocycles.